The van der Waals surface area contributed by atoms with E-state index in [4.69, 9.17) is 14.2 Å². The van der Waals surface area contributed by atoms with Crippen LogP contribution in [0, 0.1) is 0 Å². The zero-order chi connectivity index (χ0) is 58.5. The normalized spacial score (nSPS) is 13.2. The van der Waals surface area contributed by atoms with E-state index in [1.165, 1.54) is 89.9 Å². The van der Waals surface area contributed by atoms with E-state index in [0.717, 1.165) is 141 Å². The average Bonchev–Trinajstić information content (AvgIpc) is 3.47. The molecule has 0 spiro atoms. The van der Waals surface area contributed by atoms with Crippen molar-refractivity contribution in [1.29, 1.82) is 0 Å². The highest BCUT2D eigenvalue weighted by Crippen LogP contribution is 2.14. The molecule has 0 radical (unpaired) electrons. The summed E-state index contributed by atoms with van der Waals surface area (Å²) in [5.74, 6) is -0.969. The van der Waals surface area contributed by atoms with Crippen molar-refractivity contribution in [3.8, 4) is 0 Å². The van der Waals surface area contributed by atoms with Crippen LogP contribution in [0.1, 0.15) is 278 Å². The third-order valence-electron chi connectivity index (χ3n) is 13.5. The lowest BCUT2D eigenvalue weighted by atomic mass is 10.1. The fraction of sp³-hybridized carbons (Fsp3) is 0.613. The molecular weight excluding hydrogens is 997 g/mol. The molecule has 0 aliphatic carbocycles. The van der Waals surface area contributed by atoms with Crippen molar-refractivity contribution in [2.24, 2.45) is 0 Å². The highest BCUT2D eigenvalue weighted by molar-refractivity contribution is 5.71. The molecule has 6 nitrogen and oxygen atoms in total. The number of carbonyl (C=O) groups excluding carboxylic acids is 3. The summed E-state index contributed by atoms with van der Waals surface area (Å²) in [7, 11) is 0. The first-order chi connectivity index (χ1) is 40.0. The minimum Gasteiger partial charge on any atom is -0.462 e. The van der Waals surface area contributed by atoms with Gasteiger partial charge in [0.05, 0.1) is 0 Å². The number of ether oxygens (including phenoxy) is 3. The summed E-state index contributed by atoms with van der Waals surface area (Å²) < 4.78 is 16.9. The first-order valence-electron chi connectivity index (χ1n) is 33.0. The minimum atomic E-state index is -0.811. The Morgan fingerprint density at radius 2 is 0.481 bits per heavy atom. The summed E-state index contributed by atoms with van der Waals surface area (Å²) >= 11 is 0. The van der Waals surface area contributed by atoms with Gasteiger partial charge in [0.1, 0.15) is 13.2 Å². The van der Waals surface area contributed by atoms with Crippen molar-refractivity contribution in [2.75, 3.05) is 13.2 Å². The molecule has 81 heavy (non-hydrogen) atoms. The van der Waals surface area contributed by atoms with Gasteiger partial charge in [0.2, 0.25) is 0 Å². The van der Waals surface area contributed by atoms with Crippen LogP contribution in [0.25, 0.3) is 0 Å². The Kier molecular flexibility index (Phi) is 63.4. The Balaban J connectivity index is 4.40. The molecule has 0 fully saturated rings. The Bertz CT molecular complexity index is 1810. The smallest absolute Gasteiger partial charge is 0.306 e. The van der Waals surface area contributed by atoms with E-state index in [1.54, 1.807) is 0 Å². The summed E-state index contributed by atoms with van der Waals surface area (Å²) in [6.07, 6.45) is 98.2. The second-order valence-electron chi connectivity index (χ2n) is 21.3. The van der Waals surface area contributed by atoms with Crippen LogP contribution in [0.5, 0.6) is 0 Å². The molecule has 0 amide bonds. The molecule has 0 aliphatic rings. The quantitative estimate of drug-likeness (QED) is 0.0261. The lowest BCUT2D eigenvalue weighted by molar-refractivity contribution is -0.167. The maximum absolute atomic E-state index is 12.9. The average molecular weight is 1120 g/mol. The van der Waals surface area contributed by atoms with Crippen LogP contribution < -0.4 is 0 Å². The number of esters is 3. The summed E-state index contributed by atoms with van der Waals surface area (Å²) in [5.41, 5.74) is 0. The van der Waals surface area contributed by atoms with Crippen molar-refractivity contribution in [1.82, 2.24) is 0 Å². The molecule has 1 unspecified atom stereocenters. The van der Waals surface area contributed by atoms with Crippen molar-refractivity contribution in [3.63, 3.8) is 0 Å². The van der Waals surface area contributed by atoms with Gasteiger partial charge in [0, 0.05) is 19.3 Å². The van der Waals surface area contributed by atoms with Gasteiger partial charge >= 0.3 is 17.9 Å². The molecular formula is C75H120O6. The number of hydrogen-bond donors (Lipinski definition) is 0. The van der Waals surface area contributed by atoms with Crippen LogP contribution in [0.15, 0.2) is 158 Å². The highest BCUT2D eigenvalue weighted by atomic mass is 16.6. The Labute approximate surface area is 499 Å². The monoisotopic (exact) mass is 1120 g/mol. The van der Waals surface area contributed by atoms with Gasteiger partial charge in [0.15, 0.2) is 6.10 Å². The molecule has 0 saturated carbocycles. The van der Waals surface area contributed by atoms with Crippen LogP contribution in [-0.4, -0.2) is 37.2 Å². The predicted octanol–water partition coefficient (Wildman–Crippen LogP) is 22.9. The first-order valence-corrected chi connectivity index (χ1v) is 33.0. The van der Waals surface area contributed by atoms with Crippen molar-refractivity contribution in [3.05, 3.63) is 158 Å². The van der Waals surface area contributed by atoms with Gasteiger partial charge in [-0.3, -0.25) is 14.4 Å². The van der Waals surface area contributed by atoms with Crippen LogP contribution in [0.4, 0.5) is 0 Å². The zero-order valence-corrected chi connectivity index (χ0v) is 52.2. The number of unbranched alkanes of at least 4 members (excludes halogenated alkanes) is 21. The summed E-state index contributed by atoms with van der Waals surface area (Å²) in [6.45, 7) is 6.43. The van der Waals surface area contributed by atoms with E-state index in [2.05, 4.69) is 179 Å². The first kappa shape index (κ1) is 76.0. The third-order valence-corrected chi connectivity index (χ3v) is 13.5. The molecule has 0 saturated heterocycles. The molecule has 0 aromatic carbocycles. The van der Waals surface area contributed by atoms with Gasteiger partial charge in [-0.25, -0.2) is 0 Å². The van der Waals surface area contributed by atoms with E-state index < -0.39 is 6.10 Å². The number of hydrogen-bond acceptors (Lipinski definition) is 6. The standard InChI is InChI=1S/C75H120O6/c1-4-7-10-13-16-19-22-25-27-29-31-32-33-34-35-36-37-38-39-40-41-42-43-44-45-47-48-50-53-56-59-62-65-68-74(77)80-71-72(70-79-73(76)67-64-61-58-55-52-24-21-18-15-12-9-6-3)81-75(78)69-66-63-60-57-54-51-49-46-30-28-26-23-20-17-14-11-8-5-2/h7,10,16,18-21,23,25,27-28,30-32,34-35,37-38,40-41,43-44,47-48,53,56,72H,4-6,8-9,11-15,17,22,24,26,29,33,36,39,42,45-46,49-52,54-55,57-71H2,1-3H3/b10-7-,19-16-,21-18-,23-20-,27-25-,30-28-,32-31-,35-34-,38-37-,41-40-,44-43-,48-47-,56-53-. The second kappa shape index (κ2) is 67.5. The van der Waals surface area contributed by atoms with Crippen molar-refractivity contribution >= 4 is 17.9 Å². The van der Waals surface area contributed by atoms with Gasteiger partial charge in [-0.2, -0.15) is 0 Å². The largest absolute Gasteiger partial charge is 0.462 e. The molecule has 0 heterocycles. The molecule has 1 atom stereocenters. The van der Waals surface area contributed by atoms with Gasteiger partial charge < -0.3 is 14.2 Å². The van der Waals surface area contributed by atoms with E-state index in [-0.39, 0.29) is 31.1 Å². The topological polar surface area (TPSA) is 78.9 Å². The molecule has 6 heteroatoms. The van der Waals surface area contributed by atoms with Gasteiger partial charge in [-0.05, 0) is 154 Å². The maximum atomic E-state index is 12.9. The van der Waals surface area contributed by atoms with Crippen LogP contribution in [0.2, 0.25) is 0 Å². The summed E-state index contributed by atoms with van der Waals surface area (Å²) in [6, 6.07) is 0. The molecule has 0 rings (SSSR count). The molecule has 0 bridgehead atoms. The molecule has 0 aliphatic heterocycles. The zero-order valence-electron chi connectivity index (χ0n) is 52.2. The SMILES string of the molecule is CC/C=C\C/C=C\C/C=C\C/C=C\C/C=C\C/C=C\C/C=C\C/C=C\C/C=C\C/C=C\CCCCC(=O)OCC(COC(=O)CCCCCCC/C=C\CCCCC)OC(=O)CCCCCCCCC/C=C\C/C=C\CCCCCC. The second-order valence-corrected chi connectivity index (χ2v) is 21.3. The Morgan fingerprint density at radius 1 is 0.259 bits per heavy atom. The van der Waals surface area contributed by atoms with Crippen molar-refractivity contribution in [2.45, 2.75) is 284 Å². The lowest BCUT2D eigenvalue weighted by Gasteiger charge is -2.18. The maximum Gasteiger partial charge on any atom is 0.306 e. The molecule has 0 N–H and O–H groups in total. The fourth-order valence-electron chi connectivity index (χ4n) is 8.55. The predicted molar refractivity (Wildman–Crippen MR) is 352 cm³/mol. The highest BCUT2D eigenvalue weighted by Gasteiger charge is 2.19. The van der Waals surface area contributed by atoms with E-state index in [1.807, 2.05) is 0 Å². The minimum absolute atomic E-state index is 0.105. The lowest BCUT2D eigenvalue weighted by Crippen LogP contribution is -2.30. The Hall–Kier alpha value is -4.97. The molecule has 0 aromatic heterocycles. The van der Waals surface area contributed by atoms with Crippen LogP contribution >= 0.6 is 0 Å². The van der Waals surface area contributed by atoms with E-state index in [9.17, 15) is 14.4 Å². The van der Waals surface area contributed by atoms with Gasteiger partial charge in [-0.1, -0.05) is 262 Å². The number of carbonyl (C=O) groups is 3. The molecule has 456 valence electrons. The fourth-order valence-corrected chi connectivity index (χ4v) is 8.55. The Morgan fingerprint density at radius 3 is 0.815 bits per heavy atom. The number of allylic oxidation sites excluding steroid dienone is 26. The van der Waals surface area contributed by atoms with Gasteiger partial charge in [-0.15, -0.1) is 0 Å². The third kappa shape index (κ3) is 65.7. The van der Waals surface area contributed by atoms with Crippen molar-refractivity contribution < 1.29 is 28.6 Å². The van der Waals surface area contributed by atoms with Crippen LogP contribution in [0.3, 0.4) is 0 Å². The van der Waals surface area contributed by atoms with E-state index >= 15 is 0 Å². The molecule has 0 aromatic rings. The summed E-state index contributed by atoms with van der Waals surface area (Å²) in [4.78, 5) is 38.3. The van der Waals surface area contributed by atoms with Crippen LogP contribution in [-0.2, 0) is 28.6 Å². The number of rotatable bonds is 58. The van der Waals surface area contributed by atoms with Gasteiger partial charge in [0.25, 0.3) is 0 Å². The van der Waals surface area contributed by atoms with E-state index in [0.29, 0.717) is 25.7 Å². The summed E-state index contributed by atoms with van der Waals surface area (Å²) in [5, 5.41) is 0.